The molecule has 0 aliphatic heterocycles. The van der Waals surface area contributed by atoms with Crippen molar-refractivity contribution in [3.63, 3.8) is 0 Å². The van der Waals surface area contributed by atoms with Gasteiger partial charge in [0.2, 0.25) is 0 Å². The highest BCUT2D eigenvalue weighted by Gasteiger charge is 2.31. The number of methoxy groups -OCH3 is 1. The summed E-state index contributed by atoms with van der Waals surface area (Å²) in [4.78, 5) is 22.9. The smallest absolute Gasteiger partial charge is 0.320 e. The molecule has 0 saturated heterocycles. The van der Waals surface area contributed by atoms with Crippen LogP contribution in [0.2, 0.25) is 0 Å². The third-order valence-electron chi connectivity index (χ3n) is 2.58. The van der Waals surface area contributed by atoms with Crippen molar-refractivity contribution in [3.8, 4) is 0 Å². The largest absolute Gasteiger partial charge is 0.468 e. The number of halogens is 1. The molecule has 1 unspecified atom stereocenters. The highest BCUT2D eigenvalue weighted by Crippen LogP contribution is 2.12. The summed E-state index contributed by atoms with van der Waals surface area (Å²) in [5.41, 5.74) is 0.0716. The minimum Gasteiger partial charge on any atom is -0.468 e. The number of ketones is 1. The van der Waals surface area contributed by atoms with E-state index in [1.54, 1.807) is 0 Å². The Balaban J connectivity index is 2.93. The number of carbonyl (C=O) groups is 2. The van der Waals surface area contributed by atoms with Crippen LogP contribution in [0.4, 0.5) is 4.39 Å². The first kappa shape index (κ1) is 15.3. The Bertz CT molecular complexity index is 577. The summed E-state index contributed by atoms with van der Waals surface area (Å²) in [6, 6.07) is 4.52. The van der Waals surface area contributed by atoms with Crippen molar-refractivity contribution in [2.75, 3.05) is 12.9 Å². The van der Waals surface area contributed by atoms with E-state index in [4.69, 9.17) is 0 Å². The van der Waals surface area contributed by atoms with Crippen molar-refractivity contribution in [3.05, 3.63) is 35.6 Å². The number of hydrogen-bond donors (Lipinski definition) is 0. The van der Waals surface area contributed by atoms with Gasteiger partial charge in [0.1, 0.15) is 16.8 Å². The van der Waals surface area contributed by atoms with Crippen molar-refractivity contribution in [2.45, 2.75) is 12.2 Å². The monoisotopic (exact) mass is 288 g/mol. The average molecular weight is 288 g/mol. The zero-order valence-electron chi connectivity index (χ0n) is 10.4. The number of esters is 1. The molecule has 0 saturated carbocycles. The van der Waals surface area contributed by atoms with Gasteiger partial charge in [0, 0.05) is 5.56 Å². The summed E-state index contributed by atoms with van der Waals surface area (Å²) in [5, 5.41) is -1.39. The quantitative estimate of drug-likeness (QED) is 0.596. The number of rotatable bonds is 5. The van der Waals surface area contributed by atoms with E-state index in [1.165, 1.54) is 19.1 Å². The molecule has 1 aromatic rings. The molecule has 1 rings (SSSR count). The maximum atomic E-state index is 12.7. The van der Waals surface area contributed by atoms with Crippen LogP contribution in [0.3, 0.4) is 0 Å². The van der Waals surface area contributed by atoms with E-state index in [9.17, 15) is 22.4 Å². The first-order valence-corrected chi connectivity index (χ1v) is 7.07. The third-order valence-corrected chi connectivity index (χ3v) is 4.51. The summed E-state index contributed by atoms with van der Waals surface area (Å²) < 4.78 is 40.5. The number of carbonyl (C=O) groups excluding carboxylic acids is 2. The van der Waals surface area contributed by atoms with Gasteiger partial charge in [0.15, 0.2) is 15.6 Å². The van der Waals surface area contributed by atoms with E-state index in [2.05, 4.69) is 4.74 Å². The van der Waals surface area contributed by atoms with Crippen LogP contribution >= 0.6 is 0 Å². The van der Waals surface area contributed by atoms with Gasteiger partial charge in [-0.05, 0) is 31.2 Å². The molecule has 7 heteroatoms. The Kier molecular flexibility index (Phi) is 4.77. The lowest BCUT2D eigenvalue weighted by molar-refractivity contribution is -0.137. The molecule has 104 valence electrons. The lowest BCUT2D eigenvalue weighted by atomic mass is 10.1. The minimum atomic E-state index is -3.95. The molecule has 1 atom stereocenters. The number of benzene rings is 1. The summed E-state index contributed by atoms with van der Waals surface area (Å²) >= 11 is 0. The van der Waals surface area contributed by atoms with Crippen molar-refractivity contribution < 1.29 is 27.1 Å². The predicted molar refractivity (Wildman–Crippen MR) is 66.0 cm³/mol. The van der Waals surface area contributed by atoms with Gasteiger partial charge >= 0.3 is 5.97 Å². The van der Waals surface area contributed by atoms with Gasteiger partial charge in [-0.15, -0.1) is 0 Å². The van der Waals surface area contributed by atoms with Crippen LogP contribution in [0.5, 0.6) is 0 Å². The van der Waals surface area contributed by atoms with Crippen LogP contribution in [-0.2, 0) is 19.4 Å². The van der Waals surface area contributed by atoms with Crippen LogP contribution in [-0.4, -0.2) is 38.3 Å². The van der Waals surface area contributed by atoms with Gasteiger partial charge in [0.05, 0.1) is 7.11 Å². The third kappa shape index (κ3) is 3.85. The van der Waals surface area contributed by atoms with Gasteiger partial charge < -0.3 is 4.74 Å². The fraction of sp³-hybridized carbons (Fsp3) is 0.333. The lowest BCUT2D eigenvalue weighted by Crippen LogP contribution is -2.32. The topological polar surface area (TPSA) is 77.5 Å². The molecule has 0 aliphatic rings. The fourth-order valence-corrected chi connectivity index (χ4v) is 2.52. The maximum Gasteiger partial charge on any atom is 0.320 e. The van der Waals surface area contributed by atoms with Gasteiger partial charge in [-0.1, -0.05) is 0 Å². The van der Waals surface area contributed by atoms with E-state index in [0.29, 0.717) is 0 Å². The number of Topliss-reactive ketones (excluding diaryl/α,β-unsaturated/α-hetero) is 1. The molecule has 0 fully saturated rings. The molecule has 0 aliphatic carbocycles. The Labute approximate surface area is 110 Å². The molecule has 0 amide bonds. The van der Waals surface area contributed by atoms with Crippen LogP contribution in [0.15, 0.2) is 24.3 Å². The van der Waals surface area contributed by atoms with E-state index in [1.807, 2.05) is 0 Å². The van der Waals surface area contributed by atoms with Crippen LogP contribution in [0.1, 0.15) is 17.3 Å². The highest BCUT2D eigenvalue weighted by atomic mass is 32.2. The zero-order valence-corrected chi connectivity index (χ0v) is 11.2. The van der Waals surface area contributed by atoms with E-state index in [-0.39, 0.29) is 5.56 Å². The Morgan fingerprint density at radius 3 is 2.26 bits per heavy atom. The van der Waals surface area contributed by atoms with Crippen molar-refractivity contribution >= 4 is 21.6 Å². The molecule has 5 nitrogen and oxygen atoms in total. The maximum absolute atomic E-state index is 12.7. The van der Waals surface area contributed by atoms with Crippen LogP contribution in [0, 0.1) is 5.82 Å². The average Bonchev–Trinajstić information content (AvgIpc) is 2.37. The van der Waals surface area contributed by atoms with E-state index >= 15 is 0 Å². The normalized spacial score (nSPS) is 12.8. The predicted octanol–water partition coefficient (Wildman–Crippen LogP) is 0.985. The number of ether oxygens (including phenoxy) is 1. The fourth-order valence-electron chi connectivity index (χ4n) is 1.36. The second-order valence-electron chi connectivity index (χ2n) is 3.90. The second-order valence-corrected chi connectivity index (χ2v) is 6.22. The zero-order chi connectivity index (χ0) is 14.6. The van der Waals surface area contributed by atoms with Gasteiger partial charge in [-0.2, -0.15) is 0 Å². The molecule has 0 radical (unpaired) electrons. The van der Waals surface area contributed by atoms with E-state index < -0.39 is 38.4 Å². The Morgan fingerprint density at radius 2 is 1.79 bits per heavy atom. The number of sulfone groups is 1. The first-order chi connectivity index (χ1) is 8.77. The molecule has 0 N–H and O–H groups in total. The lowest BCUT2D eigenvalue weighted by Gasteiger charge is -2.11. The van der Waals surface area contributed by atoms with Gasteiger partial charge in [-0.3, -0.25) is 9.59 Å². The highest BCUT2D eigenvalue weighted by molar-refractivity contribution is 7.93. The summed E-state index contributed by atoms with van der Waals surface area (Å²) in [6.07, 6.45) is 0. The minimum absolute atomic E-state index is 0.0716. The Hall–Kier alpha value is -1.76. The number of hydrogen-bond acceptors (Lipinski definition) is 5. The summed E-state index contributed by atoms with van der Waals surface area (Å²) in [7, 11) is -2.89. The Morgan fingerprint density at radius 1 is 1.26 bits per heavy atom. The molecular weight excluding hydrogens is 275 g/mol. The second kappa shape index (κ2) is 5.92. The summed E-state index contributed by atoms with van der Waals surface area (Å²) in [5.74, 6) is -3.01. The molecule has 0 spiro atoms. The van der Waals surface area contributed by atoms with Crippen molar-refractivity contribution in [1.29, 1.82) is 0 Å². The van der Waals surface area contributed by atoms with Crippen molar-refractivity contribution in [1.82, 2.24) is 0 Å². The molecule has 0 bridgehead atoms. The summed E-state index contributed by atoms with van der Waals surface area (Å²) in [6.45, 7) is 1.18. The van der Waals surface area contributed by atoms with Crippen LogP contribution in [0.25, 0.3) is 0 Å². The van der Waals surface area contributed by atoms with Crippen LogP contribution < -0.4 is 0 Å². The van der Waals surface area contributed by atoms with Gasteiger partial charge in [-0.25, -0.2) is 12.8 Å². The molecule has 0 heterocycles. The molecule has 1 aromatic carbocycles. The van der Waals surface area contributed by atoms with Gasteiger partial charge in [0.25, 0.3) is 0 Å². The van der Waals surface area contributed by atoms with E-state index in [0.717, 1.165) is 19.2 Å². The molecule has 0 aromatic heterocycles. The SMILES string of the molecule is COC(=O)CS(=O)(=O)C(C)C(=O)c1ccc(F)cc1. The standard InChI is InChI=1S/C12H13FO5S/c1-8(19(16,17)7-11(14)18-2)12(15)9-3-5-10(13)6-4-9/h3-6,8H,7H2,1-2H3. The molecule has 19 heavy (non-hydrogen) atoms. The molecular formula is C12H13FO5S. The van der Waals surface area contributed by atoms with Crippen molar-refractivity contribution in [2.24, 2.45) is 0 Å². The first-order valence-electron chi connectivity index (χ1n) is 5.36.